The second-order valence-corrected chi connectivity index (χ2v) is 3.60. The average Bonchev–Trinajstić information content (AvgIpc) is 2.44. The van der Waals surface area contributed by atoms with Crippen molar-refractivity contribution in [3.05, 3.63) is 30.4 Å². The van der Waals surface area contributed by atoms with Gasteiger partial charge in [0.25, 0.3) is 0 Å². The van der Waals surface area contributed by atoms with Crippen molar-refractivity contribution < 1.29 is 23.7 Å². The molecule has 1 aromatic carbocycles. The Morgan fingerprint density at radius 2 is 1.79 bits per heavy atom. The van der Waals surface area contributed by atoms with Crippen LogP contribution in [0.15, 0.2) is 30.4 Å². The van der Waals surface area contributed by atoms with Gasteiger partial charge in [0.15, 0.2) is 11.5 Å². The Morgan fingerprint density at radius 3 is 2.26 bits per heavy atom. The number of benzene rings is 1. The summed E-state index contributed by atoms with van der Waals surface area (Å²) in [6.07, 6.45) is 0. The minimum Gasteiger partial charge on any atom is -0.493 e. The first-order valence-electron chi connectivity index (χ1n) is 5.82. The highest BCUT2D eigenvalue weighted by Crippen LogP contribution is 2.36. The van der Waals surface area contributed by atoms with E-state index in [4.69, 9.17) is 18.9 Å². The molecule has 0 heterocycles. The molecule has 5 heteroatoms. The van der Waals surface area contributed by atoms with Gasteiger partial charge >= 0.3 is 5.97 Å². The molecule has 0 bridgehead atoms. The van der Waals surface area contributed by atoms with Crippen LogP contribution in [0.3, 0.4) is 0 Å². The van der Waals surface area contributed by atoms with Gasteiger partial charge in [-0.1, -0.05) is 12.6 Å². The molecule has 19 heavy (non-hydrogen) atoms. The quantitative estimate of drug-likeness (QED) is 0.559. The van der Waals surface area contributed by atoms with Crippen LogP contribution in [0.1, 0.15) is 6.92 Å². The van der Waals surface area contributed by atoms with Crippen molar-refractivity contribution in [2.24, 2.45) is 0 Å². The van der Waals surface area contributed by atoms with Gasteiger partial charge in [-0.25, -0.2) is 4.79 Å². The van der Waals surface area contributed by atoms with Gasteiger partial charge in [-0.15, -0.1) is 0 Å². The van der Waals surface area contributed by atoms with E-state index in [-0.39, 0.29) is 12.2 Å². The first-order valence-corrected chi connectivity index (χ1v) is 5.82. The van der Waals surface area contributed by atoms with Gasteiger partial charge in [-0.3, -0.25) is 0 Å². The SMILES string of the molecule is C=C(COc1c(OC)cccc1OC)C(=O)OCC. The first kappa shape index (κ1) is 14.9. The molecule has 1 aromatic rings. The minimum absolute atomic E-state index is 0.00949. The normalized spacial score (nSPS) is 9.63. The van der Waals surface area contributed by atoms with Crippen molar-refractivity contribution in [1.82, 2.24) is 0 Å². The number of hydrogen-bond acceptors (Lipinski definition) is 5. The van der Waals surface area contributed by atoms with Crippen LogP contribution in [0, 0.1) is 0 Å². The van der Waals surface area contributed by atoms with Gasteiger partial charge < -0.3 is 18.9 Å². The lowest BCUT2D eigenvalue weighted by molar-refractivity contribution is -0.138. The van der Waals surface area contributed by atoms with E-state index in [0.29, 0.717) is 23.9 Å². The molecule has 5 nitrogen and oxygen atoms in total. The molecular formula is C14H18O5. The fraction of sp³-hybridized carbons (Fsp3) is 0.357. The molecule has 0 fully saturated rings. The fourth-order valence-electron chi connectivity index (χ4n) is 1.41. The Kier molecular flexibility index (Phi) is 5.73. The second-order valence-electron chi connectivity index (χ2n) is 3.60. The van der Waals surface area contributed by atoms with E-state index >= 15 is 0 Å². The lowest BCUT2D eigenvalue weighted by Gasteiger charge is -2.14. The monoisotopic (exact) mass is 266 g/mol. The summed E-state index contributed by atoms with van der Waals surface area (Å²) in [6, 6.07) is 5.26. The van der Waals surface area contributed by atoms with Crippen LogP contribution in [0.5, 0.6) is 17.2 Å². The number of hydrogen-bond donors (Lipinski definition) is 0. The van der Waals surface area contributed by atoms with Crippen LogP contribution in [-0.2, 0) is 9.53 Å². The average molecular weight is 266 g/mol. The lowest BCUT2D eigenvalue weighted by Crippen LogP contribution is -2.13. The largest absolute Gasteiger partial charge is 0.493 e. The molecule has 0 saturated carbocycles. The topological polar surface area (TPSA) is 54.0 Å². The van der Waals surface area contributed by atoms with E-state index in [1.807, 2.05) is 0 Å². The maximum Gasteiger partial charge on any atom is 0.336 e. The van der Waals surface area contributed by atoms with Crippen molar-refractivity contribution in [3.63, 3.8) is 0 Å². The molecule has 1 rings (SSSR count). The van der Waals surface area contributed by atoms with Gasteiger partial charge in [0.05, 0.1) is 26.4 Å². The molecule has 0 aliphatic heterocycles. The third-order valence-electron chi connectivity index (χ3n) is 2.34. The number of carbonyl (C=O) groups excluding carboxylic acids is 1. The summed E-state index contributed by atoms with van der Waals surface area (Å²) in [5.41, 5.74) is 0.231. The molecule has 0 aliphatic rings. The van der Waals surface area contributed by atoms with Crippen LogP contribution in [0.2, 0.25) is 0 Å². The molecule has 0 atom stereocenters. The summed E-state index contributed by atoms with van der Waals surface area (Å²) < 4.78 is 20.7. The summed E-state index contributed by atoms with van der Waals surface area (Å²) in [5, 5.41) is 0. The zero-order chi connectivity index (χ0) is 14.3. The van der Waals surface area contributed by atoms with E-state index in [9.17, 15) is 4.79 Å². The van der Waals surface area contributed by atoms with E-state index in [2.05, 4.69) is 6.58 Å². The number of esters is 1. The van der Waals surface area contributed by atoms with Crippen molar-refractivity contribution in [3.8, 4) is 17.2 Å². The first-order chi connectivity index (χ1) is 9.13. The summed E-state index contributed by atoms with van der Waals surface area (Å²) >= 11 is 0. The van der Waals surface area contributed by atoms with Crippen LogP contribution >= 0.6 is 0 Å². The molecule has 0 aromatic heterocycles. The standard InChI is InChI=1S/C14H18O5/c1-5-18-14(15)10(2)9-19-13-11(16-3)7-6-8-12(13)17-4/h6-8H,2,5,9H2,1,3-4H3. The molecular weight excluding hydrogens is 248 g/mol. The zero-order valence-corrected chi connectivity index (χ0v) is 11.4. The van der Waals surface area contributed by atoms with Crippen LogP contribution in [0.4, 0.5) is 0 Å². The molecule has 104 valence electrons. The summed E-state index contributed by atoms with van der Waals surface area (Å²) in [5.74, 6) is 1.00. The Bertz CT molecular complexity index is 431. The molecule has 0 aliphatic carbocycles. The second kappa shape index (κ2) is 7.31. The number of methoxy groups -OCH3 is 2. The highest BCUT2D eigenvalue weighted by atomic mass is 16.5. The Hall–Kier alpha value is -2.17. The van der Waals surface area contributed by atoms with Crippen molar-refractivity contribution in [1.29, 1.82) is 0 Å². The van der Waals surface area contributed by atoms with Gasteiger partial charge in [-0.05, 0) is 19.1 Å². The Labute approximate surface area is 112 Å². The Balaban J connectivity index is 2.76. The van der Waals surface area contributed by atoms with E-state index in [1.165, 1.54) is 14.2 Å². The maximum absolute atomic E-state index is 11.4. The zero-order valence-electron chi connectivity index (χ0n) is 11.4. The predicted molar refractivity (Wildman–Crippen MR) is 70.8 cm³/mol. The van der Waals surface area contributed by atoms with Gasteiger partial charge in [0.1, 0.15) is 6.61 Å². The van der Waals surface area contributed by atoms with Crippen LogP contribution in [0.25, 0.3) is 0 Å². The summed E-state index contributed by atoms with van der Waals surface area (Å²) in [6.45, 7) is 5.66. The number of para-hydroxylation sites is 1. The molecule has 0 radical (unpaired) electrons. The molecule has 0 N–H and O–H groups in total. The molecule has 0 unspecified atom stereocenters. The van der Waals surface area contributed by atoms with Gasteiger partial charge in [0, 0.05) is 0 Å². The van der Waals surface area contributed by atoms with Crippen molar-refractivity contribution in [2.75, 3.05) is 27.4 Å². The number of carbonyl (C=O) groups is 1. The Morgan fingerprint density at radius 1 is 1.21 bits per heavy atom. The van der Waals surface area contributed by atoms with Gasteiger partial charge in [-0.2, -0.15) is 0 Å². The van der Waals surface area contributed by atoms with Crippen molar-refractivity contribution >= 4 is 5.97 Å². The minimum atomic E-state index is -0.476. The molecule has 0 amide bonds. The molecule has 0 spiro atoms. The van der Waals surface area contributed by atoms with Gasteiger partial charge in [0.2, 0.25) is 5.75 Å². The highest BCUT2D eigenvalue weighted by molar-refractivity contribution is 5.88. The highest BCUT2D eigenvalue weighted by Gasteiger charge is 2.14. The van der Waals surface area contributed by atoms with E-state index in [0.717, 1.165) is 0 Å². The summed E-state index contributed by atoms with van der Waals surface area (Å²) in [7, 11) is 3.06. The predicted octanol–water partition coefficient (Wildman–Crippen LogP) is 2.20. The summed E-state index contributed by atoms with van der Waals surface area (Å²) in [4.78, 5) is 11.4. The third kappa shape index (κ3) is 3.91. The number of rotatable bonds is 7. The van der Waals surface area contributed by atoms with E-state index in [1.54, 1.807) is 25.1 Å². The smallest absolute Gasteiger partial charge is 0.336 e. The third-order valence-corrected chi connectivity index (χ3v) is 2.34. The van der Waals surface area contributed by atoms with Crippen molar-refractivity contribution in [2.45, 2.75) is 6.92 Å². The van der Waals surface area contributed by atoms with Crippen LogP contribution < -0.4 is 14.2 Å². The molecule has 0 saturated heterocycles. The maximum atomic E-state index is 11.4. The van der Waals surface area contributed by atoms with E-state index < -0.39 is 5.97 Å². The fourth-order valence-corrected chi connectivity index (χ4v) is 1.41. The number of ether oxygens (including phenoxy) is 4. The van der Waals surface area contributed by atoms with Crippen LogP contribution in [-0.4, -0.2) is 33.4 Å². The lowest BCUT2D eigenvalue weighted by atomic mass is 10.3.